The molecular weight excluding hydrogens is 250 g/mol. The lowest BCUT2D eigenvalue weighted by molar-refractivity contribution is -0.138. The minimum absolute atomic E-state index is 0.439. The van der Waals surface area contributed by atoms with Crippen molar-refractivity contribution in [3.05, 3.63) is 22.4 Å². The quantitative estimate of drug-likeness (QED) is 0.675. The number of thiophene rings is 1. The van der Waals surface area contributed by atoms with Crippen LogP contribution >= 0.6 is 11.3 Å². The van der Waals surface area contributed by atoms with Crippen molar-refractivity contribution in [1.29, 1.82) is 0 Å². The van der Waals surface area contributed by atoms with Gasteiger partial charge in [0.25, 0.3) is 5.91 Å². The summed E-state index contributed by atoms with van der Waals surface area (Å²) in [6, 6.07) is 3.48. The Balaban J connectivity index is 2.15. The van der Waals surface area contributed by atoms with E-state index >= 15 is 0 Å². The van der Waals surface area contributed by atoms with E-state index in [2.05, 4.69) is 0 Å². The smallest absolute Gasteiger partial charge is 0.349 e. The van der Waals surface area contributed by atoms with E-state index in [-0.39, 0.29) is 0 Å². The van der Waals surface area contributed by atoms with Crippen molar-refractivity contribution in [1.82, 2.24) is 0 Å². The van der Waals surface area contributed by atoms with Crippen LogP contribution in [0.25, 0.3) is 0 Å². The van der Waals surface area contributed by atoms with Gasteiger partial charge in [-0.3, -0.25) is 4.79 Å². The Hall–Kier alpha value is -1.36. The lowest BCUT2D eigenvalue weighted by Crippen LogP contribution is -2.47. The first-order chi connectivity index (χ1) is 8.64. The van der Waals surface area contributed by atoms with E-state index in [0.717, 1.165) is 25.7 Å². The van der Waals surface area contributed by atoms with Crippen molar-refractivity contribution in [2.45, 2.75) is 44.1 Å². The molecule has 1 fully saturated rings. The molecule has 1 aliphatic rings. The van der Waals surface area contributed by atoms with Crippen molar-refractivity contribution in [2.24, 2.45) is 5.73 Å². The Kier molecular flexibility index (Phi) is 4.01. The summed E-state index contributed by atoms with van der Waals surface area (Å²) < 4.78 is 5.46. The van der Waals surface area contributed by atoms with E-state index in [4.69, 9.17) is 10.5 Å². The van der Waals surface area contributed by atoms with Crippen LogP contribution in [0.1, 0.15) is 48.2 Å². The molecule has 2 N–H and O–H groups in total. The van der Waals surface area contributed by atoms with Gasteiger partial charge in [-0.15, -0.1) is 11.3 Å². The summed E-state index contributed by atoms with van der Waals surface area (Å²) in [7, 11) is 0. The van der Waals surface area contributed by atoms with E-state index in [1.54, 1.807) is 17.5 Å². The maximum atomic E-state index is 12.0. The monoisotopic (exact) mass is 267 g/mol. The van der Waals surface area contributed by atoms with Gasteiger partial charge in [0.2, 0.25) is 0 Å². The molecule has 5 heteroatoms. The van der Waals surface area contributed by atoms with Gasteiger partial charge in [0.15, 0.2) is 5.60 Å². The topological polar surface area (TPSA) is 69.4 Å². The number of esters is 1. The van der Waals surface area contributed by atoms with Gasteiger partial charge >= 0.3 is 5.97 Å². The lowest BCUT2D eigenvalue weighted by atomic mass is 9.93. The van der Waals surface area contributed by atoms with Crippen LogP contribution in [0.5, 0.6) is 0 Å². The standard InChI is InChI=1S/C13H17NO3S/c14-12(16)13(7-3-1-2-4-8-13)17-11(15)10-6-5-9-18-10/h5-6,9H,1-4,7-8H2,(H2,14,16). The summed E-state index contributed by atoms with van der Waals surface area (Å²) in [5.41, 5.74) is 4.36. The van der Waals surface area contributed by atoms with Crippen LogP contribution in [0.15, 0.2) is 17.5 Å². The van der Waals surface area contributed by atoms with E-state index in [1.807, 2.05) is 0 Å². The van der Waals surface area contributed by atoms with Crippen LogP contribution in [0, 0.1) is 0 Å². The van der Waals surface area contributed by atoms with Gasteiger partial charge in [0.05, 0.1) is 0 Å². The van der Waals surface area contributed by atoms with Gasteiger partial charge in [-0.1, -0.05) is 18.9 Å². The third-order valence-corrected chi connectivity index (χ3v) is 4.22. The first-order valence-corrected chi connectivity index (χ1v) is 7.09. The van der Waals surface area contributed by atoms with E-state index in [9.17, 15) is 9.59 Å². The highest BCUT2D eigenvalue weighted by molar-refractivity contribution is 7.11. The molecule has 1 aromatic heterocycles. The Morgan fingerprint density at radius 3 is 2.39 bits per heavy atom. The molecule has 1 amide bonds. The molecule has 0 saturated heterocycles. The maximum Gasteiger partial charge on any atom is 0.349 e. The second-order valence-electron chi connectivity index (χ2n) is 4.64. The van der Waals surface area contributed by atoms with E-state index < -0.39 is 17.5 Å². The van der Waals surface area contributed by atoms with Crippen LogP contribution in [-0.4, -0.2) is 17.5 Å². The first-order valence-electron chi connectivity index (χ1n) is 6.21. The molecule has 0 bridgehead atoms. The molecule has 98 valence electrons. The highest BCUT2D eigenvalue weighted by Crippen LogP contribution is 2.31. The fourth-order valence-corrected chi connectivity index (χ4v) is 2.92. The molecule has 0 aromatic carbocycles. The number of nitrogens with two attached hydrogens (primary N) is 1. The number of primary amides is 1. The van der Waals surface area contributed by atoms with Crippen LogP contribution < -0.4 is 5.73 Å². The molecule has 0 radical (unpaired) electrons. The molecule has 0 unspecified atom stereocenters. The highest BCUT2D eigenvalue weighted by Gasteiger charge is 2.41. The summed E-state index contributed by atoms with van der Waals surface area (Å²) in [5.74, 6) is -0.958. The summed E-state index contributed by atoms with van der Waals surface area (Å²) in [6.07, 6.45) is 4.96. The molecule has 2 rings (SSSR count). The molecule has 0 aliphatic heterocycles. The minimum Gasteiger partial charge on any atom is -0.445 e. The number of hydrogen-bond acceptors (Lipinski definition) is 4. The average Bonchev–Trinajstić information content (AvgIpc) is 2.77. The van der Waals surface area contributed by atoms with Gasteiger partial charge in [-0.05, 0) is 37.1 Å². The minimum atomic E-state index is -1.10. The zero-order chi connectivity index (χ0) is 13.0. The number of amides is 1. The van der Waals surface area contributed by atoms with Crippen molar-refractivity contribution < 1.29 is 14.3 Å². The second kappa shape index (κ2) is 5.52. The molecule has 0 spiro atoms. The Bertz CT molecular complexity index is 419. The molecule has 1 aliphatic carbocycles. The van der Waals surface area contributed by atoms with E-state index in [0.29, 0.717) is 17.7 Å². The fourth-order valence-electron chi connectivity index (χ4n) is 2.32. The van der Waals surface area contributed by atoms with Gasteiger partial charge < -0.3 is 10.5 Å². The molecule has 18 heavy (non-hydrogen) atoms. The largest absolute Gasteiger partial charge is 0.445 e. The number of hydrogen-bond donors (Lipinski definition) is 1. The summed E-state index contributed by atoms with van der Waals surface area (Å²) in [5, 5.41) is 1.81. The molecule has 4 nitrogen and oxygen atoms in total. The number of rotatable bonds is 3. The van der Waals surface area contributed by atoms with Gasteiger partial charge in [-0.25, -0.2) is 4.79 Å². The predicted octanol–water partition coefficient (Wildman–Crippen LogP) is 2.48. The Labute approximate surface area is 110 Å². The Morgan fingerprint density at radius 2 is 1.89 bits per heavy atom. The number of carbonyl (C=O) groups is 2. The maximum absolute atomic E-state index is 12.0. The lowest BCUT2D eigenvalue weighted by Gasteiger charge is -2.28. The molecular formula is C13H17NO3S. The zero-order valence-corrected chi connectivity index (χ0v) is 11.0. The van der Waals surface area contributed by atoms with Crippen molar-refractivity contribution in [3.63, 3.8) is 0 Å². The Morgan fingerprint density at radius 1 is 1.22 bits per heavy atom. The fraction of sp³-hybridized carbons (Fsp3) is 0.538. The first kappa shape index (κ1) is 13.1. The zero-order valence-electron chi connectivity index (χ0n) is 10.2. The van der Waals surface area contributed by atoms with Gasteiger partial charge in [-0.2, -0.15) is 0 Å². The third-order valence-electron chi connectivity index (χ3n) is 3.37. The van der Waals surface area contributed by atoms with Gasteiger partial charge in [0, 0.05) is 0 Å². The van der Waals surface area contributed by atoms with Crippen LogP contribution in [0.3, 0.4) is 0 Å². The van der Waals surface area contributed by atoms with Crippen molar-refractivity contribution >= 4 is 23.2 Å². The summed E-state index contributed by atoms with van der Waals surface area (Å²) in [4.78, 5) is 24.2. The van der Waals surface area contributed by atoms with Crippen molar-refractivity contribution in [2.75, 3.05) is 0 Å². The number of carbonyl (C=O) groups excluding carboxylic acids is 2. The normalized spacial score (nSPS) is 18.9. The SMILES string of the molecule is NC(=O)C1(OC(=O)c2cccs2)CCCCCC1. The predicted molar refractivity (Wildman–Crippen MR) is 69.4 cm³/mol. The van der Waals surface area contributed by atoms with E-state index in [1.165, 1.54) is 11.3 Å². The molecule has 1 saturated carbocycles. The average molecular weight is 267 g/mol. The second-order valence-corrected chi connectivity index (χ2v) is 5.59. The third kappa shape index (κ3) is 2.72. The van der Waals surface area contributed by atoms with Crippen LogP contribution in [0.2, 0.25) is 0 Å². The number of ether oxygens (including phenoxy) is 1. The molecule has 1 aromatic rings. The van der Waals surface area contributed by atoms with Crippen LogP contribution in [-0.2, 0) is 9.53 Å². The van der Waals surface area contributed by atoms with Crippen molar-refractivity contribution in [3.8, 4) is 0 Å². The summed E-state index contributed by atoms with van der Waals surface area (Å²) >= 11 is 1.31. The van der Waals surface area contributed by atoms with Crippen LogP contribution in [0.4, 0.5) is 0 Å². The summed E-state index contributed by atoms with van der Waals surface area (Å²) in [6.45, 7) is 0. The van der Waals surface area contributed by atoms with Gasteiger partial charge in [0.1, 0.15) is 4.88 Å². The molecule has 1 heterocycles. The highest BCUT2D eigenvalue weighted by atomic mass is 32.1. The molecule has 0 atom stereocenters.